The fourth-order valence-electron chi connectivity index (χ4n) is 1.57. The summed E-state index contributed by atoms with van der Waals surface area (Å²) in [7, 11) is 0. The van der Waals surface area contributed by atoms with Gasteiger partial charge in [-0.05, 0) is 18.9 Å². The van der Waals surface area contributed by atoms with E-state index in [2.05, 4.69) is 16.0 Å². The van der Waals surface area contributed by atoms with Crippen molar-refractivity contribution in [2.75, 3.05) is 26.2 Å². The Morgan fingerprint density at radius 1 is 1.38 bits per heavy atom. The minimum atomic E-state index is -0.118. The molecule has 1 aliphatic rings. The van der Waals surface area contributed by atoms with E-state index < -0.39 is 0 Å². The second-order valence-corrected chi connectivity index (χ2v) is 4.61. The fraction of sp³-hybridized carbons (Fsp3) is 0.818. The SMILES string of the molecule is CC(C)CNC(=O)CNC(=O)C1CCNC1. The molecule has 0 bridgehead atoms. The summed E-state index contributed by atoms with van der Waals surface area (Å²) in [6.45, 7) is 6.41. The van der Waals surface area contributed by atoms with Crippen molar-refractivity contribution in [1.29, 1.82) is 0 Å². The van der Waals surface area contributed by atoms with Crippen LogP contribution >= 0.6 is 0 Å². The molecule has 92 valence electrons. The molecular formula is C11H21N3O2. The van der Waals surface area contributed by atoms with Gasteiger partial charge in [0, 0.05) is 13.1 Å². The number of rotatable bonds is 5. The molecule has 3 N–H and O–H groups in total. The Morgan fingerprint density at radius 2 is 2.12 bits per heavy atom. The van der Waals surface area contributed by atoms with Crippen molar-refractivity contribution in [3.63, 3.8) is 0 Å². The zero-order chi connectivity index (χ0) is 12.0. The van der Waals surface area contributed by atoms with Gasteiger partial charge in [-0.15, -0.1) is 0 Å². The molecule has 0 saturated carbocycles. The van der Waals surface area contributed by atoms with Crippen molar-refractivity contribution in [1.82, 2.24) is 16.0 Å². The summed E-state index contributed by atoms with van der Waals surface area (Å²) >= 11 is 0. The van der Waals surface area contributed by atoms with Crippen LogP contribution in [0.25, 0.3) is 0 Å². The summed E-state index contributed by atoms with van der Waals surface area (Å²) in [4.78, 5) is 22.9. The third-order valence-electron chi connectivity index (χ3n) is 2.56. The zero-order valence-corrected chi connectivity index (χ0v) is 10.0. The van der Waals surface area contributed by atoms with Crippen molar-refractivity contribution < 1.29 is 9.59 Å². The first kappa shape index (κ1) is 13.0. The highest BCUT2D eigenvalue weighted by Crippen LogP contribution is 2.06. The average Bonchev–Trinajstić information content (AvgIpc) is 2.76. The highest BCUT2D eigenvalue weighted by atomic mass is 16.2. The highest BCUT2D eigenvalue weighted by Gasteiger charge is 2.22. The number of carbonyl (C=O) groups excluding carboxylic acids is 2. The van der Waals surface area contributed by atoms with Crippen molar-refractivity contribution in [3.8, 4) is 0 Å². The van der Waals surface area contributed by atoms with E-state index in [0.29, 0.717) is 12.5 Å². The van der Waals surface area contributed by atoms with E-state index in [0.717, 1.165) is 19.5 Å². The molecule has 1 saturated heterocycles. The van der Waals surface area contributed by atoms with Crippen LogP contribution in [0.1, 0.15) is 20.3 Å². The van der Waals surface area contributed by atoms with Gasteiger partial charge in [-0.3, -0.25) is 9.59 Å². The largest absolute Gasteiger partial charge is 0.354 e. The topological polar surface area (TPSA) is 70.2 Å². The molecular weight excluding hydrogens is 206 g/mol. The first-order chi connectivity index (χ1) is 7.59. The summed E-state index contributed by atoms with van der Waals surface area (Å²) in [6, 6.07) is 0. The third kappa shape index (κ3) is 4.61. The first-order valence-corrected chi connectivity index (χ1v) is 5.84. The summed E-state index contributed by atoms with van der Waals surface area (Å²) in [5.41, 5.74) is 0. The lowest BCUT2D eigenvalue weighted by atomic mass is 10.1. The molecule has 5 heteroatoms. The van der Waals surface area contributed by atoms with Crippen LogP contribution in [0.2, 0.25) is 0 Å². The Labute approximate surface area is 96.4 Å². The second kappa shape index (κ2) is 6.48. The zero-order valence-electron chi connectivity index (χ0n) is 10.0. The predicted octanol–water partition coefficient (Wildman–Crippen LogP) is -0.516. The van der Waals surface area contributed by atoms with Crippen molar-refractivity contribution in [2.45, 2.75) is 20.3 Å². The lowest BCUT2D eigenvalue weighted by Crippen LogP contribution is -2.41. The van der Waals surface area contributed by atoms with Gasteiger partial charge in [0.2, 0.25) is 11.8 Å². The molecule has 0 aromatic heterocycles. The second-order valence-electron chi connectivity index (χ2n) is 4.61. The quantitative estimate of drug-likeness (QED) is 0.592. The Bertz CT molecular complexity index is 248. The van der Waals surface area contributed by atoms with Gasteiger partial charge in [0.25, 0.3) is 0 Å². The van der Waals surface area contributed by atoms with E-state index in [4.69, 9.17) is 0 Å². The van der Waals surface area contributed by atoms with E-state index >= 15 is 0 Å². The van der Waals surface area contributed by atoms with Crippen molar-refractivity contribution in [3.05, 3.63) is 0 Å². The molecule has 1 atom stereocenters. The Hall–Kier alpha value is -1.10. The molecule has 16 heavy (non-hydrogen) atoms. The minimum absolute atomic E-state index is 0.0234. The van der Waals surface area contributed by atoms with Crippen LogP contribution in [0.3, 0.4) is 0 Å². The molecule has 0 aromatic rings. The van der Waals surface area contributed by atoms with Gasteiger partial charge in [0.05, 0.1) is 12.5 Å². The summed E-state index contributed by atoms with van der Waals surface area (Å²) < 4.78 is 0. The van der Waals surface area contributed by atoms with E-state index in [-0.39, 0.29) is 24.3 Å². The van der Waals surface area contributed by atoms with Crippen LogP contribution in [0, 0.1) is 11.8 Å². The molecule has 2 amide bonds. The number of hydrogen-bond donors (Lipinski definition) is 3. The Balaban J connectivity index is 2.13. The number of amides is 2. The minimum Gasteiger partial charge on any atom is -0.354 e. The highest BCUT2D eigenvalue weighted by molar-refractivity contribution is 5.86. The summed E-state index contributed by atoms with van der Waals surface area (Å²) in [6.07, 6.45) is 0.861. The van der Waals surface area contributed by atoms with Crippen LogP contribution in [-0.4, -0.2) is 38.0 Å². The van der Waals surface area contributed by atoms with Crippen LogP contribution in [-0.2, 0) is 9.59 Å². The molecule has 1 unspecified atom stereocenters. The lowest BCUT2D eigenvalue weighted by molar-refractivity contribution is -0.128. The normalized spacial score (nSPS) is 19.8. The van der Waals surface area contributed by atoms with Gasteiger partial charge in [-0.1, -0.05) is 13.8 Å². The third-order valence-corrected chi connectivity index (χ3v) is 2.56. The predicted molar refractivity (Wildman–Crippen MR) is 61.8 cm³/mol. The van der Waals surface area contributed by atoms with Crippen molar-refractivity contribution >= 4 is 11.8 Å². The molecule has 1 heterocycles. The smallest absolute Gasteiger partial charge is 0.239 e. The monoisotopic (exact) mass is 227 g/mol. The van der Waals surface area contributed by atoms with E-state index in [1.54, 1.807) is 0 Å². The average molecular weight is 227 g/mol. The maximum atomic E-state index is 11.6. The van der Waals surface area contributed by atoms with Crippen molar-refractivity contribution in [2.24, 2.45) is 11.8 Å². The summed E-state index contributed by atoms with van der Waals surface area (Å²) in [5, 5.41) is 8.54. The number of hydrogen-bond acceptors (Lipinski definition) is 3. The fourth-order valence-corrected chi connectivity index (χ4v) is 1.57. The van der Waals surface area contributed by atoms with Gasteiger partial charge in [0.1, 0.15) is 0 Å². The van der Waals surface area contributed by atoms with Gasteiger partial charge >= 0.3 is 0 Å². The maximum absolute atomic E-state index is 11.6. The van der Waals surface area contributed by atoms with Gasteiger partial charge in [-0.25, -0.2) is 0 Å². The first-order valence-electron chi connectivity index (χ1n) is 5.84. The van der Waals surface area contributed by atoms with Crippen LogP contribution in [0.15, 0.2) is 0 Å². The van der Waals surface area contributed by atoms with Gasteiger partial charge < -0.3 is 16.0 Å². The maximum Gasteiger partial charge on any atom is 0.239 e. The van der Waals surface area contributed by atoms with Crippen LogP contribution in [0.4, 0.5) is 0 Å². The Kier molecular flexibility index (Phi) is 5.25. The molecule has 1 aliphatic heterocycles. The van der Waals surface area contributed by atoms with E-state index in [1.807, 2.05) is 13.8 Å². The van der Waals surface area contributed by atoms with E-state index in [1.165, 1.54) is 0 Å². The molecule has 1 fully saturated rings. The number of nitrogens with one attached hydrogen (secondary N) is 3. The standard InChI is InChI=1S/C11H21N3O2/c1-8(2)5-13-10(15)7-14-11(16)9-3-4-12-6-9/h8-9,12H,3-7H2,1-2H3,(H,13,15)(H,14,16). The van der Waals surface area contributed by atoms with Crippen LogP contribution < -0.4 is 16.0 Å². The molecule has 0 radical (unpaired) electrons. The molecule has 0 aromatic carbocycles. The molecule has 0 spiro atoms. The Morgan fingerprint density at radius 3 is 2.69 bits per heavy atom. The van der Waals surface area contributed by atoms with E-state index in [9.17, 15) is 9.59 Å². The summed E-state index contributed by atoms with van der Waals surface area (Å²) in [5.74, 6) is 0.314. The van der Waals surface area contributed by atoms with Gasteiger partial charge in [0.15, 0.2) is 0 Å². The lowest BCUT2D eigenvalue weighted by Gasteiger charge is -2.11. The number of carbonyl (C=O) groups is 2. The molecule has 1 rings (SSSR count). The molecule has 0 aliphatic carbocycles. The van der Waals surface area contributed by atoms with Gasteiger partial charge in [-0.2, -0.15) is 0 Å². The van der Waals surface area contributed by atoms with Crippen LogP contribution in [0.5, 0.6) is 0 Å². The molecule has 5 nitrogen and oxygen atoms in total.